The normalized spacial score (nSPS) is 11.3. The fourth-order valence-electron chi connectivity index (χ4n) is 3.46. The fraction of sp³-hybridized carbons (Fsp3) is 0.130. The van der Waals surface area contributed by atoms with Crippen LogP contribution in [0.4, 0.5) is 11.4 Å². The number of carbonyl (C=O) groups is 1. The Kier molecular flexibility index (Phi) is 6.28. The molecule has 4 aromatic rings. The van der Waals surface area contributed by atoms with Gasteiger partial charge in [0.2, 0.25) is 0 Å². The molecular formula is C23H21N5O5S. The molecule has 0 aliphatic carbocycles. The molecule has 34 heavy (non-hydrogen) atoms. The van der Waals surface area contributed by atoms with Crippen molar-refractivity contribution in [2.45, 2.75) is 4.90 Å². The minimum atomic E-state index is -3.57. The first-order chi connectivity index (χ1) is 16.2. The summed E-state index contributed by atoms with van der Waals surface area (Å²) in [5, 5.41) is 16.9. The molecule has 0 unspecified atom stereocenters. The van der Waals surface area contributed by atoms with E-state index in [1.165, 1.54) is 12.1 Å². The number of anilines is 1. The lowest BCUT2D eigenvalue weighted by Crippen LogP contribution is -2.28. The standard InChI is InChI=1S/C23H21N5O5S/c1-34(32,33)18-10-11-20(22(14-18)28(30)31)24-12-13-25-23(29)16-6-8-17(9-7-16)27-15-26-19-4-2-3-5-21(19)27/h2-11,14-15,24H,12-13H2,1H3,(H,25,29). The number of fused-ring (bicyclic) bond motifs is 1. The number of nitrogens with one attached hydrogen (secondary N) is 2. The number of aromatic nitrogens is 2. The van der Waals surface area contributed by atoms with Crippen LogP contribution in [0.2, 0.25) is 0 Å². The van der Waals surface area contributed by atoms with Crippen molar-refractivity contribution in [3.05, 3.63) is 88.7 Å². The van der Waals surface area contributed by atoms with E-state index in [0.717, 1.165) is 29.0 Å². The second-order valence-corrected chi connectivity index (χ2v) is 9.56. The van der Waals surface area contributed by atoms with E-state index < -0.39 is 14.8 Å². The summed E-state index contributed by atoms with van der Waals surface area (Å²) in [6.07, 6.45) is 2.71. The molecular weight excluding hydrogens is 458 g/mol. The van der Waals surface area contributed by atoms with Gasteiger partial charge in [-0.2, -0.15) is 0 Å². The van der Waals surface area contributed by atoms with Crippen LogP contribution in [-0.4, -0.2) is 48.1 Å². The van der Waals surface area contributed by atoms with E-state index in [1.54, 1.807) is 18.5 Å². The van der Waals surface area contributed by atoms with Gasteiger partial charge in [-0.15, -0.1) is 0 Å². The number of hydrogen-bond acceptors (Lipinski definition) is 7. The summed E-state index contributed by atoms with van der Waals surface area (Å²) in [6.45, 7) is 0.418. The lowest BCUT2D eigenvalue weighted by molar-refractivity contribution is -0.384. The van der Waals surface area contributed by atoms with E-state index in [9.17, 15) is 23.3 Å². The van der Waals surface area contributed by atoms with Gasteiger partial charge in [-0.1, -0.05) is 12.1 Å². The number of hydrogen-bond donors (Lipinski definition) is 2. The first kappa shape index (κ1) is 22.9. The molecule has 0 saturated heterocycles. The zero-order valence-electron chi connectivity index (χ0n) is 18.1. The number of rotatable bonds is 8. The van der Waals surface area contributed by atoms with Crippen molar-refractivity contribution in [1.82, 2.24) is 14.9 Å². The summed E-state index contributed by atoms with van der Waals surface area (Å²) < 4.78 is 25.2. The summed E-state index contributed by atoms with van der Waals surface area (Å²) in [5.41, 5.74) is 3.00. The van der Waals surface area contributed by atoms with Crippen LogP contribution in [0.25, 0.3) is 16.7 Å². The Morgan fingerprint density at radius 3 is 2.50 bits per heavy atom. The van der Waals surface area contributed by atoms with Crippen LogP contribution in [0.5, 0.6) is 0 Å². The fourth-order valence-corrected chi connectivity index (χ4v) is 4.10. The first-order valence-electron chi connectivity index (χ1n) is 10.3. The van der Waals surface area contributed by atoms with Crippen molar-refractivity contribution in [3.63, 3.8) is 0 Å². The Hall–Kier alpha value is -4.25. The van der Waals surface area contributed by atoms with E-state index >= 15 is 0 Å². The first-order valence-corrected chi connectivity index (χ1v) is 12.2. The quantitative estimate of drug-likeness (QED) is 0.225. The number of imidazole rings is 1. The lowest BCUT2D eigenvalue weighted by Gasteiger charge is -2.10. The predicted molar refractivity (Wildman–Crippen MR) is 128 cm³/mol. The van der Waals surface area contributed by atoms with Gasteiger partial charge in [-0.3, -0.25) is 19.5 Å². The average Bonchev–Trinajstić information content (AvgIpc) is 3.25. The molecule has 1 amide bonds. The van der Waals surface area contributed by atoms with Gasteiger partial charge in [0.25, 0.3) is 11.6 Å². The summed E-state index contributed by atoms with van der Waals surface area (Å²) in [7, 11) is -3.57. The van der Waals surface area contributed by atoms with Gasteiger partial charge in [0.1, 0.15) is 12.0 Å². The van der Waals surface area contributed by atoms with Gasteiger partial charge < -0.3 is 10.6 Å². The monoisotopic (exact) mass is 479 g/mol. The van der Waals surface area contributed by atoms with Crippen LogP contribution in [0.1, 0.15) is 10.4 Å². The van der Waals surface area contributed by atoms with Gasteiger partial charge in [-0.05, 0) is 48.5 Å². The summed E-state index contributed by atoms with van der Waals surface area (Å²) in [5.74, 6) is -0.286. The van der Waals surface area contributed by atoms with Gasteiger partial charge in [0.05, 0.1) is 20.9 Å². The topological polar surface area (TPSA) is 136 Å². The molecule has 10 nitrogen and oxygen atoms in total. The van der Waals surface area contributed by atoms with Crippen LogP contribution in [0, 0.1) is 10.1 Å². The SMILES string of the molecule is CS(=O)(=O)c1ccc(NCCNC(=O)c2ccc(-n3cnc4ccccc43)cc2)c([N+](=O)[O-])c1. The molecule has 0 radical (unpaired) electrons. The van der Waals surface area contributed by atoms with Gasteiger partial charge >= 0.3 is 0 Å². The number of benzene rings is 3. The maximum atomic E-state index is 12.5. The molecule has 0 atom stereocenters. The molecule has 0 spiro atoms. The van der Waals surface area contributed by atoms with E-state index in [-0.39, 0.29) is 35.3 Å². The molecule has 0 bridgehead atoms. The summed E-state index contributed by atoms with van der Waals surface area (Å²) >= 11 is 0. The maximum absolute atomic E-state index is 12.5. The molecule has 1 heterocycles. The minimum Gasteiger partial charge on any atom is -0.378 e. The molecule has 0 aliphatic rings. The van der Waals surface area contributed by atoms with E-state index in [1.807, 2.05) is 41.0 Å². The van der Waals surface area contributed by atoms with Crippen molar-refractivity contribution in [2.75, 3.05) is 24.7 Å². The van der Waals surface area contributed by atoms with Crippen LogP contribution in [0.3, 0.4) is 0 Å². The molecule has 3 aromatic carbocycles. The second-order valence-electron chi connectivity index (χ2n) is 7.54. The number of nitro benzene ring substituents is 1. The van der Waals surface area contributed by atoms with Crippen LogP contribution >= 0.6 is 0 Å². The number of nitrogens with zero attached hydrogens (tertiary/aromatic N) is 3. The lowest BCUT2D eigenvalue weighted by atomic mass is 10.2. The summed E-state index contributed by atoms with van der Waals surface area (Å²) in [6, 6.07) is 18.5. The highest BCUT2D eigenvalue weighted by atomic mass is 32.2. The molecule has 11 heteroatoms. The third kappa shape index (κ3) is 4.89. The highest BCUT2D eigenvalue weighted by Crippen LogP contribution is 2.27. The largest absolute Gasteiger partial charge is 0.378 e. The molecule has 174 valence electrons. The smallest absolute Gasteiger partial charge is 0.293 e. The van der Waals surface area contributed by atoms with E-state index in [4.69, 9.17) is 0 Å². The Balaban J connectivity index is 1.36. The second kappa shape index (κ2) is 9.32. The third-order valence-corrected chi connectivity index (χ3v) is 6.29. The van der Waals surface area contributed by atoms with E-state index in [0.29, 0.717) is 5.56 Å². The number of carbonyl (C=O) groups excluding carboxylic acids is 1. The van der Waals surface area contributed by atoms with Crippen molar-refractivity contribution in [1.29, 1.82) is 0 Å². The van der Waals surface area contributed by atoms with Crippen molar-refractivity contribution in [3.8, 4) is 5.69 Å². The maximum Gasteiger partial charge on any atom is 0.293 e. The number of amides is 1. The van der Waals surface area contributed by atoms with Gasteiger partial charge in [0, 0.05) is 36.7 Å². The third-order valence-electron chi connectivity index (χ3n) is 5.18. The molecule has 2 N–H and O–H groups in total. The van der Waals surface area contributed by atoms with Gasteiger partial charge in [0.15, 0.2) is 9.84 Å². The minimum absolute atomic E-state index is 0.134. The van der Waals surface area contributed by atoms with Gasteiger partial charge in [-0.25, -0.2) is 13.4 Å². The van der Waals surface area contributed by atoms with E-state index in [2.05, 4.69) is 15.6 Å². The molecule has 4 rings (SSSR count). The molecule has 0 saturated carbocycles. The zero-order valence-corrected chi connectivity index (χ0v) is 19.0. The molecule has 0 fully saturated rings. The van der Waals surface area contributed by atoms with Crippen molar-refractivity contribution >= 4 is 38.2 Å². The summed E-state index contributed by atoms with van der Waals surface area (Å²) in [4.78, 5) is 27.4. The Morgan fingerprint density at radius 2 is 1.79 bits per heavy atom. The highest BCUT2D eigenvalue weighted by Gasteiger charge is 2.18. The molecule has 0 aliphatic heterocycles. The number of para-hydroxylation sites is 2. The van der Waals surface area contributed by atoms with Crippen molar-refractivity contribution in [2.24, 2.45) is 0 Å². The Labute approximate surface area is 195 Å². The van der Waals surface area contributed by atoms with Crippen LogP contribution in [-0.2, 0) is 9.84 Å². The predicted octanol–water partition coefficient (Wildman–Crippen LogP) is 3.18. The Morgan fingerprint density at radius 1 is 1.06 bits per heavy atom. The zero-order chi connectivity index (χ0) is 24.3. The highest BCUT2D eigenvalue weighted by molar-refractivity contribution is 7.90. The van der Waals surface area contributed by atoms with Crippen LogP contribution in [0.15, 0.2) is 78.0 Å². The van der Waals surface area contributed by atoms with Crippen molar-refractivity contribution < 1.29 is 18.1 Å². The number of sulfone groups is 1. The number of nitro groups is 1. The molecule has 1 aromatic heterocycles. The van der Waals surface area contributed by atoms with Crippen LogP contribution < -0.4 is 10.6 Å². The average molecular weight is 480 g/mol. The Bertz CT molecular complexity index is 1480.